The first-order chi connectivity index (χ1) is 16.3. The molecule has 2 aromatic heterocycles. The van der Waals surface area contributed by atoms with Crippen molar-refractivity contribution in [1.29, 1.82) is 0 Å². The molecule has 4 aromatic rings. The number of hydrogen-bond donors (Lipinski definition) is 1. The van der Waals surface area contributed by atoms with Crippen molar-refractivity contribution in [1.82, 2.24) is 19.6 Å². The molecular weight excluding hydrogens is 442 g/mol. The van der Waals surface area contributed by atoms with E-state index in [0.717, 1.165) is 54.3 Å². The number of benzene rings is 2. The minimum Gasteiger partial charge on any atom is -0.369 e. The zero-order valence-electron chi connectivity index (χ0n) is 18.6. The zero-order chi connectivity index (χ0) is 24.0. The van der Waals surface area contributed by atoms with Gasteiger partial charge in [0.05, 0.1) is 23.1 Å². The number of rotatable bonds is 4. The molecular formula is C24H22F2N6O2. The van der Waals surface area contributed by atoms with Crippen LogP contribution >= 0.6 is 0 Å². The highest BCUT2D eigenvalue weighted by molar-refractivity contribution is 6.08. The first-order valence-electron chi connectivity index (χ1n) is 10.9. The lowest BCUT2D eigenvalue weighted by atomic mass is 10.1. The molecule has 0 unspecified atom stereocenters. The van der Waals surface area contributed by atoms with Crippen LogP contribution in [0.25, 0.3) is 16.6 Å². The van der Waals surface area contributed by atoms with Gasteiger partial charge >= 0.3 is 0 Å². The third-order valence-corrected chi connectivity index (χ3v) is 6.07. The lowest BCUT2D eigenvalue weighted by molar-refractivity contribution is 0.102. The van der Waals surface area contributed by atoms with E-state index >= 15 is 0 Å². The highest BCUT2D eigenvalue weighted by atomic mass is 19.1. The van der Waals surface area contributed by atoms with Crippen molar-refractivity contribution in [2.45, 2.75) is 13.3 Å². The minimum absolute atomic E-state index is 0.158. The van der Waals surface area contributed by atoms with Crippen molar-refractivity contribution in [3.63, 3.8) is 0 Å². The summed E-state index contributed by atoms with van der Waals surface area (Å²) in [6.45, 7) is 3.86. The van der Waals surface area contributed by atoms with Gasteiger partial charge < -0.3 is 10.2 Å². The molecule has 1 N–H and O–H groups in total. The second kappa shape index (κ2) is 8.36. The number of anilines is 2. The number of para-hydroxylation sites is 1. The second-order valence-electron chi connectivity index (χ2n) is 8.50. The molecule has 1 saturated heterocycles. The number of aromatic nitrogens is 4. The Labute approximate surface area is 193 Å². The van der Waals surface area contributed by atoms with Crippen molar-refractivity contribution in [2.24, 2.45) is 13.0 Å². The molecule has 1 aliphatic heterocycles. The van der Waals surface area contributed by atoms with Crippen LogP contribution in [0, 0.1) is 17.6 Å². The number of aryl methyl sites for hydroxylation is 1. The van der Waals surface area contributed by atoms with Gasteiger partial charge in [-0.05, 0) is 42.7 Å². The Morgan fingerprint density at radius 2 is 1.85 bits per heavy atom. The largest absolute Gasteiger partial charge is 0.369 e. The summed E-state index contributed by atoms with van der Waals surface area (Å²) in [5, 5.41) is 12.1. The Balaban J connectivity index is 1.54. The van der Waals surface area contributed by atoms with Crippen LogP contribution in [0.3, 0.4) is 0 Å². The molecule has 2 aromatic carbocycles. The standard InChI is InChI=1S/C24H22F2N6O2/c1-14-10-11-31(13-14)22-15-12-27-30(2)20(15)8-6-18(22)28-24(34)19-7-9-21(33)32(29-19)23-16(25)4-3-5-17(23)26/h3-9,12,14H,10-11,13H2,1-2H3,(H,28,34)/t14-/m0/s1. The van der Waals surface area contributed by atoms with Gasteiger partial charge in [0, 0.05) is 31.6 Å². The predicted octanol–water partition coefficient (Wildman–Crippen LogP) is 3.50. The molecule has 0 saturated carbocycles. The summed E-state index contributed by atoms with van der Waals surface area (Å²) in [6, 6.07) is 9.17. The SMILES string of the molecule is C[C@H]1CCN(c2c(NC(=O)c3ccc(=O)n(-c4c(F)cccc4F)n3)ccc3c2cnn3C)C1. The highest BCUT2D eigenvalue weighted by Gasteiger charge is 2.25. The average molecular weight is 464 g/mol. The summed E-state index contributed by atoms with van der Waals surface area (Å²) >= 11 is 0. The molecule has 0 spiro atoms. The summed E-state index contributed by atoms with van der Waals surface area (Å²) in [5.74, 6) is -2.02. The smallest absolute Gasteiger partial charge is 0.276 e. The number of halogens is 2. The van der Waals surface area contributed by atoms with Crippen molar-refractivity contribution in [2.75, 3.05) is 23.3 Å². The van der Waals surface area contributed by atoms with Gasteiger partial charge in [0.1, 0.15) is 11.4 Å². The third-order valence-electron chi connectivity index (χ3n) is 6.07. The molecule has 1 fully saturated rings. The zero-order valence-corrected chi connectivity index (χ0v) is 18.6. The van der Waals surface area contributed by atoms with Crippen LogP contribution in [0.1, 0.15) is 23.8 Å². The number of carbonyl (C=O) groups excluding carboxylic acids is 1. The van der Waals surface area contributed by atoms with Crippen LogP contribution in [0.4, 0.5) is 20.2 Å². The van der Waals surface area contributed by atoms with Gasteiger partial charge in [-0.3, -0.25) is 14.3 Å². The van der Waals surface area contributed by atoms with E-state index in [-0.39, 0.29) is 5.69 Å². The van der Waals surface area contributed by atoms with Crippen molar-refractivity contribution < 1.29 is 13.6 Å². The second-order valence-corrected chi connectivity index (χ2v) is 8.50. The number of carbonyl (C=O) groups is 1. The van der Waals surface area contributed by atoms with E-state index in [4.69, 9.17) is 0 Å². The summed E-state index contributed by atoms with van der Waals surface area (Å²) < 4.78 is 30.8. The molecule has 174 valence electrons. The van der Waals surface area contributed by atoms with Crippen molar-refractivity contribution in [3.8, 4) is 5.69 Å². The first-order valence-corrected chi connectivity index (χ1v) is 10.9. The average Bonchev–Trinajstić information content (AvgIpc) is 3.40. The van der Waals surface area contributed by atoms with Crippen LogP contribution in [0.5, 0.6) is 0 Å². The number of nitrogens with zero attached hydrogens (tertiary/aromatic N) is 5. The van der Waals surface area contributed by atoms with Gasteiger partial charge in [-0.25, -0.2) is 8.78 Å². The number of nitrogens with one attached hydrogen (secondary N) is 1. The highest BCUT2D eigenvalue weighted by Crippen LogP contribution is 2.37. The Morgan fingerprint density at radius 1 is 1.09 bits per heavy atom. The van der Waals surface area contributed by atoms with Gasteiger partial charge in [-0.1, -0.05) is 13.0 Å². The molecule has 8 nitrogen and oxygen atoms in total. The molecule has 0 bridgehead atoms. The number of fused-ring (bicyclic) bond motifs is 1. The van der Waals surface area contributed by atoms with E-state index in [1.54, 1.807) is 16.9 Å². The van der Waals surface area contributed by atoms with E-state index in [9.17, 15) is 18.4 Å². The monoisotopic (exact) mass is 464 g/mol. The molecule has 1 amide bonds. The van der Waals surface area contributed by atoms with Crippen molar-refractivity contribution in [3.05, 3.63) is 76.3 Å². The maximum atomic E-state index is 14.2. The van der Waals surface area contributed by atoms with Gasteiger partial charge in [0.25, 0.3) is 11.5 Å². The Hall–Kier alpha value is -4.08. The van der Waals surface area contributed by atoms with Crippen LogP contribution < -0.4 is 15.8 Å². The molecule has 5 rings (SSSR count). The summed E-state index contributed by atoms with van der Waals surface area (Å²) in [6.07, 6.45) is 2.80. The third kappa shape index (κ3) is 3.70. The van der Waals surface area contributed by atoms with E-state index < -0.39 is 28.8 Å². The van der Waals surface area contributed by atoms with E-state index in [0.29, 0.717) is 16.3 Å². The minimum atomic E-state index is -0.959. The van der Waals surface area contributed by atoms with Gasteiger partial charge in [-0.15, -0.1) is 0 Å². The maximum absolute atomic E-state index is 14.2. The molecule has 1 aliphatic rings. The predicted molar refractivity (Wildman–Crippen MR) is 124 cm³/mol. The lowest BCUT2D eigenvalue weighted by Crippen LogP contribution is -2.27. The van der Waals surface area contributed by atoms with Gasteiger partial charge in [0.2, 0.25) is 0 Å². The Kier molecular flexibility index (Phi) is 5.35. The van der Waals surface area contributed by atoms with Crippen LogP contribution in [-0.2, 0) is 7.05 Å². The molecule has 0 radical (unpaired) electrons. The quantitative estimate of drug-likeness (QED) is 0.500. The Bertz CT molecular complexity index is 1460. The Morgan fingerprint density at radius 3 is 2.56 bits per heavy atom. The normalized spacial score (nSPS) is 15.8. The molecule has 0 aliphatic carbocycles. The lowest BCUT2D eigenvalue weighted by Gasteiger charge is -2.23. The fourth-order valence-corrected chi connectivity index (χ4v) is 4.36. The number of amides is 1. The van der Waals surface area contributed by atoms with E-state index in [1.807, 2.05) is 13.1 Å². The fourth-order valence-electron chi connectivity index (χ4n) is 4.36. The molecule has 34 heavy (non-hydrogen) atoms. The van der Waals surface area contributed by atoms with Crippen LogP contribution in [0.2, 0.25) is 0 Å². The summed E-state index contributed by atoms with van der Waals surface area (Å²) in [4.78, 5) is 27.6. The van der Waals surface area contributed by atoms with Crippen LogP contribution in [-0.4, -0.2) is 38.6 Å². The van der Waals surface area contributed by atoms with E-state index in [1.165, 1.54) is 12.1 Å². The number of hydrogen-bond acceptors (Lipinski definition) is 5. The van der Waals surface area contributed by atoms with Gasteiger partial charge in [-0.2, -0.15) is 14.9 Å². The summed E-state index contributed by atoms with van der Waals surface area (Å²) in [7, 11) is 1.85. The molecule has 3 heterocycles. The van der Waals surface area contributed by atoms with E-state index in [2.05, 4.69) is 27.3 Å². The summed E-state index contributed by atoms with van der Waals surface area (Å²) in [5.41, 5.74) is 0.797. The first kappa shape index (κ1) is 21.7. The van der Waals surface area contributed by atoms with Crippen LogP contribution in [0.15, 0.2) is 53.5 Å². The maximum Gasteiger partial charge on any atom is 0.276 e. The van der Waals surface area contributed by atoms with Crippen molar-refractivity contribution >= 4 is 28.2 Å². The fraction of sp³-hybridized carbons (Fsp3) is 0.250. The molecule has 1 atom stereocenters. The molecule has 10 heteroatoms. The topological polar surface area (TPSA) is 85.1 Å². The van der Waals surface area contributed by atoms with Gasteiger partial charge in [0.15, 0.2) is 11.6 Å².